The number of benzene rings is 1. The normalized spacial score (nSPS) is 41.5. The molecule has 1 nitrogen and oxygen atoms in total. The number of nitrogens with zero attached hydrogens (tertiary/aromatic N) is 1. The average Bonchev–Trinajstić information content (AvgIpc) is 2.58. The lowest BCUT2D eigenvalue weighted by molar-refractivity contribution is -0.00969. The maximum absolute atomic E-state index is 2.75. The van der Waals surface area contributed by atoms with E-state index >= 15 is 0 Å². The molecule has 5 rings (SSSR count). The van der Waals surface area contributed by atoms with Gasteiger partial charge in [0.25, 0.3) is 0 Å². The first-order valence-corrected chi connectivity index (χ1v) is 8.92. The van der Waals surface area contributed by atoms with Crippen LogP contribution in [-0.4, -0.2) is 18.0 Å². The second-order valence-corrected chi connectivity index (χ2v) is 8.10. The van der Waals surface area contributed by atoms with Crippen LogP contribution in [0.15, 0.2) is 24.3 Å². The van der Waals surface area contributed by atoms with E-state index in [9.17, 15) is 0 Å². The van der Waals surface area contributed by atoms with E-state index in [4.69, 9.17) is 0 Å². The Hall–Kier alpha value is -0.0900. The average molecular weight is 367 g/mol. The van der Waals surface area contributed by atoms with E-state index in [1.165, 1.54) is 25.7 Å². The van der Waals surface area contributed by atoms with Crippen LogP contribution in [0.25, 0.3) is 0 Å². The van der Waals surface area contributed by atoms with Gasteiger partial charge in [0.05, 0.1) is 0 Å². The Bertz CT molecular complexity index is 478. The number of halogens is 1. The molecule has 1 aliphatic heterocycles. The molecule has 1 heterocycles. The standard InChI is InChI=1S/C17H22IN/c1-19-10-13-4-2-3-5-14(13)16(18)15-11-6-8-12(9-7-11)17(15)19/h2-5,11-12,15-17H,6-10H2,1H3/t11?,12?,15-,16?,17+/m0/s1. The molecule has 19 heavy (non-hydrogen) atoms. The number of hydrogen-bond donors (Lipinski definition) is 0. The minimum Gasteiger partial charge on any atom is -0.299 e. The van der Waals surface area contributed by atoms with Crippen molar-refractivity contribution in [2.24, 2.45) is 17.8 Å². The van der Waals surface area contributed by atoms with E-state index in [2.05, 4.69) is 58.8 Å². The fourth-order valence-electron chi connectivity index (χ4n) is 5.06. The molecule has 3 fully saturated rings. The van der Waals surface area contributed by atoms with Gasteiger partial charge in [0.1, 0.15) is 0 Å². The van der Waals surface area contributed by atoms with Crippen LogP contribution in [-0.2, 0) is 6.54 Å². The molecule has 2 heteroatoms. The summed E-state index contributed by atoms with van der Waals surface area (Å²) in [5.74, 6) is 2.83. The van der Waals surface area contributed by atoms with Gasteiger partial charge >= 0.3 is 0 Å². The molecule has 0 N–H and O–H groups in total. The summed E-state index contributed by atoms with van der Waals surface area (Å²) in [6.45, 7) is 1.15. The fraction of sp³-hybridized carbons (Fsp3) is 0.647. The maximum atomic E-state index is 2.75. The molecule has 1 aromatic carbocycles. The zero-order valence-electron chi connectivity index (χ0n) is 11.6. The number of rotatable bonds is 0. The molecule has 0 amide bonds. The van der Waals surface area contributed by atoms with Gasteiger partial charge in [-0.05, 0) is 61.6 Å². The van der Waals surface area contributed by atoms with Gasteiger partial charge in [-0.1, -0.05) is 46.9 Å². The van der Waals surface area contributed by atoms with Crippen molar-refractivity contribution in [2.75, 3.05) is 7.05 Å². The van der Waals surface area contributed by atoms with Crippen molar-refractivity contribution in [1.82, 2.24) is 4.90 Å². The largest absolute Gasteiger partial charge is 0.299 e. The quantitative estimate of drug-likeness (QED) is 0.485. The second kappa shape index (κ2) is 4.73. The Labute approximate surface area is 129 Å². The third-order valence-corrected chi connectivity index (χ3v) is 7.36. The van der Waals surface area contributed by atoms with Crippen LogP contribution in [0.3, 0.4) is 0 Å². The summed E-state index contributed by atoms with van der Waals surface area (Å²) in [4.78, 5) is 2.68. The lowest BCUT2D eigenvalue weighted by atomic mass is 9.60. The van der Waals surface area contributed by atoms with Gasteiger partial charge in [-0.15, -0.1) is 0 Å². The number of fused-ring (bicyclic) bond motifs is 3. The van der Waals surface area contributed by atoms with E-state index in [0.29, 0.717) is 0 Å². The first kappa shape index (κ1) is 12.6. The Balaban J connectivity index is 1.81. The SMILES string of the molecule is CN1Cc2ccccc2C(I)[C@@H]2C3CCC(CC3)[C@H]21. The highest BCUT2D eigenvalue weighted by atomic mass is 127. The van der Waals surface area contributed by atoms with Gasteiger partial charge in [0, 0.05) is 16.5 Å². The monoisotopic (exact) mass is 367 g/mol. The first-order chi connectivity index (χ1) is 9.25. The molecule has 3 aliphatic carbocycles. The Morgan fingerprint density at radius 2 is 1.74 bits per heavy atom. The Morgan fingerprint density at radius 3 is 2.53 bits per heavy atom. The van der Waals surface area contributed by atoms with E-state index in [1.807, 2.05) is 0 Å². The third kappa shape index (κ3) is 1.90. The summed E-state index contributed by atoms with van der Waals surface area (Å²) >= 11 is 2.75. The smallest absolute Gasteiger partial charge is 0.0408 e. The summed E-state index contributed by atoms with van der Waals surface area (Å²) in [5, 5.41) is 0. The summed E-state index contributed by atoms with van der Waals surface area (Å²) in [6, 6.07) is 9.99. The molecule has 1 aromatic rings. The lowest BCUT2D eigenvalue weighted by Crippen LogP contribution is -2.52. The Morgan fingerprint density at radius 1 is 1.05 bits per heavy atom. The number of alkyl halides is 1. The van der Waals surface area contributed by atoms with E-state index in [-0.39, 0.29) is 0 Å². The van der Waals surface area contributed by atoms with Crippen molar-refractivity contribution in [2.45, 2.75) is 42.2 Å². The molecule has 2 bridgehead atoms. The highest BCUT2D eigenvalue weighted by molar-refractivity contribution is 14.1. The second-order valence-electron chi connectivity index (χ2n) is 6.76. The predicted molar refractivity (Wildman–Crippen MR) is 87.4 cm³/mol. The molecule has 102 valence electrons. The zero-order valence-corrected chi connectivity index (χ0v) is 13.7. The highest BCUT2D eigenvalue weighted by Crippen LogP contribution is 2.55. The van der Waals surface area contributed by atoms with Gasteiger partial charge in [-0.3, -0.25) is 4.90 Å². The molecular weight excluding hydrogens is 345 g/mol. The molecule has 4 aliphatic rings. The van der Waals surface area contributed by atoms with Crippen molar-refractivity contribution >= 4 is 22.6 Å². The van der Waals surface area contributed by atoms with Crippen molar-refractivity contribution in [3.63, 3.8) is 0 Å². The molecule has 3 saturated carbocycles. The summed E-state index contributed by atoms with van der Waals surface area (Å²) in [6.07, 6.45) is 5.94. The van der Waals surface area contributed by atoms with Crippen LogP contribution in [0.1, 0.15) is 40.7 Å². The lowest BCUT2D eigenvalue weighted by Gasteiger charge is -2.52. The van der Waals surface area contributed by atoms with Crippen LogP contribution >= 0.6 is 22.6 Å². The van der Waals surface area contributed by atoms with Gasteiger partial charge in [-0.25, -0.2) is 0 Å². The van der Waals surface area contributed by atoms with Gasteiger partial charge in [0.2, 0.25) is 0 Å². The topological polar surface area (TPSA) is 3.24 Å². The summed E-state index contributed by atoms with van der Waals surface area (Å²) in [7, 11) is 2.36. The van der Waals surface area contributed by atoms with Crippen LogP contribution in [0, 0.1) is 17.8 Å². The molecule has 1 unspecified atom stereocenters. The molecule has 0 aromatic heterocycles. The molecule has 0 saturated heterocycles. The van der Waals surface area contributed by atoms with Crippen LogP contribution < -0.4 is 0 Å². The minimum atomic E-state index is 0.719. The minimum absolute atomic E-state index is 0.719. The number of hydrogen-bond acceptors (Lipinski definition) is 1. The zero-order chi connectivity index (χ0) is 13.0. The van der Waals surface area contributed by atoms with Gasteiger partial charge < -0.3 is 0 Å². The Kier molecular flexibility index (Phi) is 3.14. The fourth-order valence-corrected chi connectivity index (χ4v) is 6.68. The van der Waals surface area contributed by atoms with E-state index in [1.54, 1.807) is 11.1 Å². The highest BCUT2D eigenvalue weighted by Gasteiger charge is 2.49. The predicted octanol–water partition coefficient (Wildman–Crippen LogP) is 4.41. The maximum Gasteiger partial charge on any atom is 0.0408 e. The summed E-state index contributed by atoms with van der Waals surface area (Å²) in [5.41, 5.74) is 3.19. The molecular formula is C17H22IN. The molecule has 0 radical (unpaired) electrons. The van der Waals surface area contributed by atoms with Crippen molar-refractivity contribution < 1.29 is 0 Å². The van der Waals surface area contributed by atoms with E-state index in [0.717, 1.165) is 34.3 Å². The molecule has 0 spiro atoms. The van der Waals surface area contributed by atoms with Crippen molar-refractivity contribution in [3.8, 4) is 0 Å². The van der Waals surface area contributed by atoms with Crippen molar-refractivity contribution in [1.29, 1.82) is 0 Å². The van der Waals surface area contributed by atoms with Gasteiger partial charge in [0.15, 0.2) is 0 Å². The summed E-state index contributed by atoms with van der Waals surface area (Å²) < 4.78 is 0.719. The van der Waals surface area contributed by atoms with Crippen LogP contribution in [0.5, 0.6) is 0 Å². The third-order valence-electron chi connectivity index (χ3n) is 5.86. The van der Waals surface area contributed by atoms with Crippen LogP contribution in [0.4, 0.5) is 0 Å². The van der Waals surface area contributed by atoms with Gasteiger partial charge in [-0.2, -0.15) is 0 Å². The van der Waals surface area contributed by atoms with Crippen LogP contribution in [0.2, 0.25) is 0 Å². The molecule has 3 atom stereocenters. The van der Waals surface area contributed by atoms with E-state index < -0.39 is 0 Å². The first-order valence-electron chi connectivity index (χ1n) is 7.68. The van der Waals surface area contributed by atoms with Crippen molar-refractivity contribution in [3.05, 3.63) is 35.4 Å².